The Labute approximate surface area is 203 Å². The molecule has 0 atom stereocenters. The highest BCUT2D eigenvalue weighted by Crippen LogP contribution is 2.33. The van der Waals surface area contributed by atoms with Crippen LogP contribution in [0.25, 0.3) is 11.3 Å². The molecule has 2 N–H and O–H groups in total. The highest BCUT2D eigenvalue weighted by Gasteiger charge is 2.32. The number of amides is 1. The molecule has 0 spiro atoms. The van der Waals surface area contributed by atoms with Crippen molar-refractivity contribution in [3.05, 3.63) is 89.5 Å². The number of carbonyl (C=O) groups is 1. The third-order valence-corrected chi connectivity index (χ3v) is 5.05. The van der Waals surface area contributed by atoms with E-state index in [4.69, 9.17) is 4.74 Å². The number of carbonyl (C=O) groups excluding carboxylic acids is 1. The number of halogens is 4. The monoisotopic (exact) mass is 497 g/mol. The first-order valence-corrected chi connectivity index (χ1v) is 10.6. The Hall–Kier alpha value is -4.54. The number of ether oxygens (including phenoxy) is 1. The van der Waals surface area contributed by atoms with Crippen LogP contribution in [0.3, 0.4) is 0 Å². The smallest absolute Gasteiger partial charge is 0.416 e. The number of aryl methyl sites for hydroxylation is 1. The van der Waals surface area contributed by atoms with E-state index in [-0.39, 0.29) is 5.88 Å². The molecule has 2 aromatic carbocycles. The molecule has 2 aromatic heterocycles. The standard InChI is InChI=1S/C25H19F4N5O2/c1-14-10-18(33-22(35)15-11-16(25(27,28)29)13-17(26)12-15)5-6-21(14)36-23-19(4-3-8-31-23)20-7-9-32-24(30-2)34-20/h3-13H,1-2H3,(H,33,35)(H,30,32,34). The van der Waals surface area contributed by atoms with Crippen molar-refractivity contribution in [2.24, 2.45) is 0 Å². The van der Waals surface area contributed by atoms with E-state index in [9.17, 15) is 22.4 Å². The summed E-state index contributed by atoms with van der Waals surface area (Å²) in [6.07, 6.45) is -1.61. The van der Waals surface area contributed by atoms with Gasteiger partial charge >= 0.3 is 6.18 Å². The van der Waals surface area contributed by atoms with Crippen molar-refractivity contribution in [3.8, 4) is 22.9 Å². The van der Waals surface area contributed by atoms with E-state index in [1.807, 2.05) is 0 Å². The van der Waals surface area contributed by atoms with Crippen LogP contribution in [-0.2, 0) is 6.18 Å². The molecule has 11 heteroatoms. The van der Waals surface area contributed by atoms with Gasteiger partial charge in [0, 0.05) is 30.7 Å². The van der Waals surface area contributed by atoms with Crippen molar-refractivity contribution >= 4 is 17.5 Å². The van der Waals surface area contributed by atoms with Crippen molar-refractivity contribution in [1.82, 2.24) is 15.0 Å². The molecule has 0 bridgehead atoms. The van der Waals surface area contributed by atoms with E-state index < -0.39 is 29.0 Å². The fourth-order valence-corrected chi connectivity index (χ4v) is 3.33. The summed E-state index contributed by atoms with van der Waals surface area (Å²) in [7, 11) is 1.70. The zero-order chi connectivity index (χ0) is 25.9. The molecule has 0 radical (unpaired) electrons. The van der Waals surface area contributed by atoms with E-state index in [0.29, 0.717) is 46.3 Å². The number of hydrogen-bond donors (Lipinski definition) is 2. The molecule has 0 saturated heterocycles. The number of anilines is 2. The molecule has 0 aliphatic rings. The molecule has 0 unspecified atom stereocenters. The van der Waals surface area contributed by atoms with Crippen LogP contribution >= 0.6 is 0 Å². The van der Waals surface area contributed by atoms with Crippen molar-refractivity contribution in [1.29, 1.82) is 0 Å². The first-order chi connectivity index (χ1) is 17.1. The lowest BCUT2D eigenvalue weighted by molar-refractivity contribution is -0.137. The molecule has 0 aliphatic heterocycles. The van der Waals surface area contributed by atoms with Gasteiger partial charge in [-0.05, 0) is 67.1 Å². The van der Waals surface area contributed by atoms with Gasteiger partial charge in [-0.2, -0.15) is 13.2 Å². The molecule has 0 aliphatic carbocycles. The Bertz CT molecular complexity index is 1430. The van der Waals surface area contributed by atoms with Crippen LogP contribution in [0, 0.1) is 12.7 Å². The number of benzene rings is 2. The van der Waals surface area contributed by atoms with Gasteiger partial charge in [0.05, 0.1) is 16.8 Å². The number of hydrogen-bond acceptors (Lipinski definition) is 6. The number of rotatable bonds is 6. The zero-order valence-electron chi connectivity index (χ0n) is 19.0. The summed E-state index contributed by atoms with van der Waals surface area (Å²) in [6, 6.07) is 11.6. The average molecular weight is 497 g/mol. The van der Waals surface area contributed by atoms with Crippen LogP contribution in [-0.4, -0.2) is 27.9 Å². The molecule has 36 heavy (non-hydrogen) atoms. The first kappa shape index (κ1) is 24.6. The highest BCUT2D eigenvalue weighted by atomic mass is 19.4. The van der Waals surface area contributed by atoms with Gasteiger partial charge in [-0.1, -0.05) is 0 Å². The number of pyridine rings is 1. The van der Waals surface area contributed by atoms with E-state index in [2.05, 4.69) is 25.6 Å². The first-order valence-electron chi connectivity index (χ1n) is 10.6. The topological polar surface area (TPSA) is 89.0 Å². The molecular weight excluding hydrogens is 478 g/mol. The summed E-state index contributed by atoms with van der Waals surface area (Å²) in [6.45, 7) is 1.72. The normalized spacial score (nSPS) is 11.2. The molecule has 4 aromatic rings. The largest absolute Gasteiger partial charge is 0.438 e. The van der Waals surface area contributed by atoms with Gasteiger partial charge < -0.3 is 15.4 Å². The molecule has 0 fully saturated rings. The van der Waals surface area contributed by atoms with Crippen LogP contribution in [0.5, 0.6) is 11.6 Å². The summed E-state index contributed by atoms with van der Waals surface area (Å²) < 4.78 is 58.6. The molecule has 2 heterocycles. The van der Waals surface area contributed by atoms with Crippen LogP contribution in [0.4, 0.5) is 29.2 Å². The summed E-state index contributed by atoms with van der Waals surface area (Å²) in [5.74, 6) is -0.895. The third-order valence-electron chi connectivity index (χ3n) is 5.05. The third kappa shape index (κ3) is 5.57. The van der Waals surface area contributed by atoms with Crippen LogP contribution in [0.1, 0.15) is 21.5 Å². The quantitative estimate of drug-likeness (QED) is 0.314. The highest BCUT2D eigenvalue weighted by molar-refractivity contribution is 6.04. The minimum Gasteiger partial charge on any atom is -0.438 e. The lowest BCUT2D eigenvalue weighted by Crippen LogP contribution is -2.14. The fraction of sp³-hybridized carbons (Fsp3) is 0.120. The molecule has 0 saturated carbocycles. The van der Waals surface area contributed by atoms with Gasteiger partial charge in [0.1, 0.15) is 11.6 Å². The Morgan fingerprint density at radius 2 is 1.81 bits per heavy atom. The van der Waals surface area contributed by atoms with Gasteiger partial charge in [0.2, 0.25) is 11.8 Å². The fourth-order valence-electron chi connectivity index (χ4n) is 3.33. The SMILES string of the molecule is CNc1nccc(-c2cccnc2Oc2ccc(NC(=O)c3cc(F)cc(C(F)(F)F)c3)cc2C)n1. The molecule has 4 rings (SSSR count). The maximum atomic E-state index is 13.7. The second-order valence-corrected chi connectivity index (χ2v) is 7.63. The maximum absolute atomic E-state index is 13.7. The average Bonchev–Trinajstić information content (AvgIpc) is 2.85. The summed E-state index contributed by atoms with van der Waals surface area (Å²) in [5, 5.41) is 5.35. The van der Waals surface area contributed by atoms with Gasteiger partial charge in [-0.3, -0.25) is 4.79 Å². The predicted octanol–water partition coefficient (Wildman–Crippen LogP) is 6.09. The lowest BCUT2D eigenvalue weighted by Gasteiger charge is -2.14. The van der Waals surface area contributed by atoms with Gasteiger partial charge in [0.25, 0.3) is 5.91 Å². The van der Waals surface area contributed by atoms with E-state index in [1.165, 1.54) is 6.07 Å². The van der Waals surface area contributed by atoms with Crippen LogP contribution in [0.2, 0.25) is 0 Å². The van der Waals surface area contributed by atoms with E-state index in [1.54, 1.807) is 56.7 Å². The molecule has 1 amide bonds. The number of nitrogens with one attached hydrogen (secondary N) is 2. The van der Waals surface area contributed by atoms with Crippen molar-refractivity contribution < 1.29 is 27.1 Å². The molecular formula is C25H19F4N5O2. The molecule has 7 nitrogen and oxygen atoms in total. The van der Waals surface area contributed by atoms with E-state index >= 15 is 0 Å². The summed E-state index contributed by atoms with van der Waals surface area (Å²) in [5.41, 5.74) is 0.414. The summed E-state index contributed by atoms with van der Waals surface area (Å²) >= 11 is 0. The number of nitrogens with zero attached hydrogens (tertiary/aromatic N) is 3. The second-order valence-electron chi connectivity index (χ2n) is 7.63. The number of aromatic nitrogens is 3. The van der Waals surface area contributed by atoms with Gasteiger partial charge in [-0.25, -0.2) is 19.3 Å². The predicted molar refractivity (Wildman–Crippen MR) is 125 cm³/mol. The lowest BCUT2D eigenvalue weighted by atomic mass is 10.1. The van der Waals surface area contributed by atoms with Gasteiger partial charge in [0.15, 0.2) is 0 Å². The van der Waals surface area contributed by atoms with Crippen LogP contribution < -0.4 is 15.4 Å². The maximum Gasteiger partial charge on any atom is 0.416 e. The van der Waals surface area contributed by atoms with Gasteiger partial charge in [-0.15, -0.1) is 0 Å². The minimum absolute atomic E-state index is 0.289. The minimum atomic E-state index is -4.78. The summed E-state index contributed by atoms with van der Waals surface area (Å²) in [4.78, 5) is 25.3. The Kier molecular flexibility index (Phi) is 6.82. The van der Waals surface area contributed by atoms with Crippen molar-refractivity contribution in [2.45, 2.75) is 13.1 Å². The van der Waals surface area contributed by atoms with Crippen molar-refractivity contribution in [2.75, 3.05) is 17.7 Å². The second kappa shape index (κ2) is 9.98. The van der Waals surface area contributed by atoms with Crippen molar-refractivity contribution in [3.63, 3.8) is 0 Å². The zero-order valence-corrected chi connectivity index (χ0v) is 19.0. The Morgan fingerprint density at radius 1 is 1.00 bits per heavy atom. The Balaban J connectivity index is 1.55. The molecule has 184 valence electrons. The van der Waals surface area contributed by atoms with E-state index in [0.717, 1.165) is 6.07 Å². The number of alkyl halides is 3. The van der Waals surface area contributed by atoms with Crippen LogP contribution in [0.15, 0.2) is 67.0 Å². The Morgan fingerprint density at radius 3 is 2.53 bits per heavy atom.